The predicted molar refractivity (Wildman–Crippen MR) is 122 cm³/mol. The molecule has 8 heteroatoms. The molecule has 0 radical (unpaired) electrons. The van der Waals surface area contributed by atoms with Crippen LogP contribution in [0.3, 0.4) is 0 Å². The average Bonchev–Trinajstić information content (AvgIpc) is 3.53. The number of carbonyl (C=O) groups is 1. The van der Waals surface area contributed by atoms with Gasteiger partial charge in [0.05, 0.1) is 10.6 Å². The first-order chi connectivity index (χ1) is 15.2. The van der Waals surface area contributed by atoms with Gasteiger partial charge in [-0.1, -0.05) is 31.7 Å². The molecule has 162 valence electrons. The van der Waals surface area contributed by atoms with Gasteiger partial charge in [-0.15, -0.1) is 11.3 Å². The normalized spacial score (nSPS) is 16.4. The highest BCUT2D eigenvalue weighted by Crippen LogP contribution is 2.30. The number of hydrogen-bond acceptors (Lipinski definition) is 5. The highest BCUT2D eigenvalue weighted by atomic mass is 32.1. The number of nitrogens with zero attached hydrogens (tertiary/aromatic N) is 3. The standard InChI is InChI=1S/C23H27N5O2S/c29-21(12-11-15-6-1-2-7-15)25-20-14-18(19-10-5-13-31-19)27-28(20)23-24-17-9-4-3-8-16(17)22(30)26-23/h5,10,13-15H,1-4,6-9,11-12H2,(H,25,29)(H,24,26,30). The van der Waals surface area contributed by atoms with E-state index in [9.17, 15) is 9.59 Å². The Morgan fingerprint density at radius 3 is 2.87 bits per heavy atom. The number of nitrogens with one attached hydrogen (secondary N) is 2. The molecule has 31 heavy (non-hydrogen) atoms. The summed E-state index contributed by atoms with van der Waals surface area (Å²) in [5, 5.41) is 9.70. The van der Waals surface area contributed by atoms with Crippen molar-refractivity contribution in [3.63, 3.8) is 0 Å². The number of carbonyl (C=O) groups excluding carboxylic acids is 1. The fourth-order valence-corrected chi connectivity index (χ4v) is 5.39. The van der Waals surface area contributed by atoms with E-state index < -0.39 is 0 Å². The van der Waals surface area contributed by atoms with Crippen molar-refractivity contribution in [3.8, 4) is 16.5 Å². The molecule has 0 bridgehead atoms. The SMILES string of the molecule is O=C(CCC1CCCC1)Nc1cc(-c2cccs2)nn1-c1nc2c(c(=O)[nH]1)CCCC2. The summed E-state index contributed by atoms with van der Waals surface area (Å²) >= 11 is 1.58. The number of aryl methyl sites for hydroxylation is 1. The van der Waals surface area contributed by atoms with Crippen LogP contribution in [0.2, 0.25) is 0 Å². The van der Waals surface area contributed by atoms with E-state index in [1.165, 1.54) is 25.7 Å². The Morgan fingerprint density at radius 2 is 2.06 bits per heavy atom. The molecule has 1 amide bonds. The van der Waals surface area contributed by atoms with Gasteiger partial charge in [-0.3, -0.25) is 14.6 Å². The van der Waals surface area contributed by atoms with Crippen LogP contribution in [0.1, 0.15) is 62.6 Å². The third-order valence-electron chi connectivity index (χ3n) is 6.38. The summed E-state index contributed by atoms with van der Waals surface area (Å²) in [7, 11) is 0. The average molecular weight is 438 g/mol. The Morgan fingerprint density at radius 1 is 1.23 bits per heavy atom. The summed E-state index contributed by atoms with van der Waals surface area (Å²) in [6.45, 7) is 0. The fraction of sp³-hybridized carbons (Fsp3) is 0.478. The second-order valence-corrected chi connectivity index (χ2v) is 9.51. The van der Waals surface area contributed by atoms with Crippen LogP contribution in [-0.2, 0) is 17.6 Å². The summed E-state index contributed by atoms with van der Waals surface area (Å²) in [5.74, 6) is 1.54. The van der Waals surface area contributed by atoms with Crippen LogP contribution in [0, 0.1) is 5.92 Å². The van der Waals surface area contributed by atoms with Crippen molar-refractivity contribution < 1.29 is 4.79 Å². The lowest BCUT2D eigenvalue weighted by Gasteiger charge is -2.15. The number of anilines is 1. The Labute approximate surface area is 184 Å². The van der Waals surface area contributed by atoms with E-state index in [1.54, 1.807) is 16.0 Å². The van der Waals surface area contributed by atoms with Gasteiger partial charge in [0.25, 0.3) is 5.56 Å². The van der Waals surface area contributed by atoms with Crippen LogP contribution < -0.4 is 10.9 Å². The van der Waals surface area contributed by atoms with E-state index in [1.807, 2.05) is 23.6 Å². The van der Waals surface area contributed by atoms with Crippen molar-refractivity contribution >= 4 is 23.1 Å². The van der Waals surface area contributed by atoms with Gasteiger partial charge in [-0.25, -0.2) is 4.98 Å². The number of thiophene rings is 1. The number of hydrogen-bond donors (Lipinski definition) is 2. The number of amides is 1. The van der Waals surface area contributed by atoms with E-state index >= 15 is 0 Å². The molecule has 3 heterocycles. The molecule has 2 N–H and O–H groups in total. The van der Waals surface area contributed by atoms with Gasteiger partial charge in [-0.05, 0) is 49.5 Å². The summed E-state index contributed by atoms with van der Waals surface area (Å²) in [5.41, 5.74) is 2.27. The summed E-state index contributed by atoms with van der Waals surface area (Å²) < 4.78 is 1.57. The largest absolute Gasteiger partial charge is 0.310 e. The monoisotopic (exact) mass is 437 g/mol. The number of H-pyrrole nitrogens is 1. The topological polar surface area (TPSA) is 92.7 Å². The van der Waals surface area contributed by atoms with Crippen molar-refractivity contribution in [1.29, 1.82) is 0 Å². The second kappa shape index (κ2) is 8.78. The Kier molecular flexibility index (Phi) is 5.72. The van der Waals surface area contributed by atoms with Crippen LogP contribution >= 0.6 is 11.3 Å². The second-order valence-electron chi connectivity index (χ2n) is 8.56. The van der Waals surface area contributed by atoms with Gasteiger partial charge in [0.2, 0.25) is 11.9 Å². The lowest BCUT2D eigenvalue weighted by atomic mass is 9.97. The zero-order valence-corrected chi connectivity index (χ0v) is 18.3. The van der Waals surface area contributed by atoms with Gasteiger partial charge in [0, 0.05) is 18.1 Å². The van der Waals surface area contributed by atoms with Crippen molar-refractivity contribution in [1.82, 2.24) is 19.7 Å². The van der Waals surface area contributed by atoms with Gasteiger partial charge < -0.3 is 5.32 Å². The van der Waals surface area contributed by atoms with Crippen LogP contribution in [0.25, 0.3) is 16.5 Å². The Hall–Kier alpha value is -2.74. The van der Waals surface area contributed by atoms with Gasteiger partial charge >= 0.3 is 0 Å². The van der Waals surface area contributed by atoms with E-state index in [0.29, 0.717) is 24.1 Å². The number of aromatic nitrogens is 4. The molecule has 3 aromatic rings. The lowest BCUT2D eigenvalue weighted by molar-refractivity contribution is -0.116. The maximum Gasteiger partial charge on any atom is 0.255 e. The number of aromatic amines is 1. The van der Waals surface area contributed by atoms with Crippen molar-refractivity contribution in [2.45, 2.75) is 64.2 Å². The van der Waals surface area contributed by atoms with E-state index in [-0.39, 0.29) is 11.5 Å². The number of rotatable bonds is 6. The van der Waals surface area contributed by atoms with Crippen LogP contribution in [-0.4, -0.2) is 25.7 Å². The van der Waals surface area contributed by atoms with Gasteiger partial charge in [0.1, 0.15) is 11.5 Å². The minimum absolute atomic E-state index is 0.0221. The van der Waals surface area contributed by atoms with Crippen LogP contribution in [0.15, 0.2) is 28.4 Å². The van der Waals surface area contributed by atoms with Gasteiger partial charge in [-0.2, -0.15) is 9.78 Å². The third-order valence-corrected chi connectivity index (χ3v) is 7.28. The highest BCUT2D eigenvalue weighted by Gasteiger charge is 2.21. The first-order valence-corrected chi connectivity index (χ1v) is 12.1. The van der Waals surface area contributed by atoms with Crippen molar-refractivity contribution in [2.75, 3.05) is 5.32 Å². The Bertz CT molecular complexity index is 1130. The van der Waals surface area contributed by atoms with Crippen molar-refractivity contribution in [2.24, 2.45) is 5.92 Å². The number of fused-ring (bicyclic) bond motifs is 1. The lowest BCUT2D eigenvalue weighted by Crippen LogP contribution is -2.24. The molecule has 1 fully saturated rings. The minimum Gasteiger partial charge on any atom is -0.310 e. The molecule has 0 unspecified atom stereocenters. The molecule has 5 rings (SSSR count). The minimum atomic E-state index is -0.105. The molecular weight excluding hydrogens is 410 g/mol. The smallest absolute Gasteiger partial charge is 0.255 e. The molecule has 0 aliphatic heterocycles. The Balaban J connectivity index is 1.45. The summed E-state index contributed by atoms with van der Waals surface area (Å²) in [4.78, 5) is 34.0. The maximum absolute atomic E-state index is 12.7. The third kappa shape index (κ3) is 4.35. The molecule has 1 saturated carbocycles. The maximum atomic E-state index is 12.7. The molecule has 0 atom stereocenters. The highest BCUT2D eigenvalue weighted by molar-refractivity contribution is 7.13. The van der Waals surface area contributed by atoms with E-state index in [0.717, 1.165) is 53.9 Å². The molecule has 0 aromatic carbocycles. The molecule has 0 saturated heterocycles. The molecule has 7 nitrogen and oxygen atoms in total. The molecular formula is C23H27N5O2S. The first kappa shape index (κ1) is 20.2. The molecule has 2 aliphatic carbocycles. The predicted octanol–water partition coefficient (Wildman–Crippen LogP) is 4.47. The fourth-order valence-electron chi connectivity index (χ4n) is 4.71. The summed E-state index contributed by atoms with van der Waals surface area (Å²) in [6.07, 6.45) is 10.1. The molecule has 0 spiro atoms. The zero-order chi connectivity index (χ0) is 21.2. The zero-order valence-electron chi connectivity index (χ0n) is 17.5. The van der Waals surface area contributed by atoms with E-state index in [4.69, 9.17) is 4.98 Å². The van der Waals surface area contributed by atoms with Gasteiger partial charge in [0.15, 0.2) is 0 Å². The van der Waals surface area contributed by atoms with Crippen LogP contribution in [0.5, 0.6) is 0 Å². The molecule has 3 aromatic heterocycles. The molecule has 2 aliphatic rings. The quantitative estimate of drug-likeness (QED) is 0.595. The van der Waals surface area contributed by atoms with E-state index in [2.05, 4.69) is 15.4 Å². The van der Waals surface area contributed by atoms with Crippen molar-refractivity contribution in [3.05, 3.63) is 45.2 Å². The van der Waals surface area contributed by atoms with Crippen LogP contribution in [0.4, 0.5) is 5.82 Å². The summed E-state index contributed by atoms with van der Waals surface area (Å²) in [6, 6.07) is 5.82. The first-order valence-electron chi connectivity index (χ1n) is 11.2.